The first-order valence-corrected chi connectivity index (χ1v) is 6.03. The molecule has 0 aliphatic rings. The van der Waals surface area contributed by atoms with Crippen molar-refractivity contribution in [1.29, 1.82) is 0 Å². The van der Waals surface area contributed by atoms with Crippen LogP contribution in [0.3, 0.4) is 0 Å². The zero-order chi connectivity index (χ0) is 13.7. The van der Waals surface area contributed by atoms with Gasteiger partial charge in [0.15, 0.2) is 5.76 Å². The molecule has 2 rings (SSSR count). The van der Waals surface area contributed by atoms with Gasteiger partial charge < -0.3 is 15.1 Å². The van der Waals surface area contributed by atoms with Gasteiger partial charge in [0.1, 0.15) is 5.88 Å². The molecule has 0 fully saturated rings. The second kappa shape index (κ2) is 6.06. The highest BCUT2D eigenvalue weighted by atomic mass is 35.5. The van der Waals surface area contributed by atoms with Gasteiger partial charge >= 0.3 is 0 Å². The Labute approximate surface area is 114 Å². The van der Waals surface area contributed by atoms with Gasteiger partial charge in [-0.05, 0) is 36.4 Å². The standard InChI is InChI=1S/C13H11ClN2O3/c14-8-12(17)15-9-3-5-10(6-4-9)16-13(18)11-2-1-7-19-11/h1-7H,8H2,(H,15,17)(H,16,18). The van der Waals surface area contributed by atoms with Crippen molar-refractivity contribution in [2.24, 2.45) is 0 Å². The second-order valence-corrected chi connectivity index (χ2v) is 3.96. The highest BCUT2D eigenvalue weighted by Gasteiger charge is 2.08. The van der Waals surface area contributed by atoms with Gasteiger partial charge in [0.25, 0.3) is 5.91 Å². The van der Waals surface area contributed by atoms with Crippen LogP contribution >= 0.6 is 11.6 Å². The fourth-order valence-electron chi connectivity index (χ4n) is 1.43. The number of nitrogens with one attached hydrogen (secondary N) is 2. The maximum atomic E-state index is 11.7. The first-order chi connectivity index (χ1) is 9.19. The summed E-state index contributed by atoms with van der Waals surface area (Å²) >= 11 is 5.38. The summed E-state index contributed by atoms with van der Waals surface area (Å²) in [7, 11) is 0. The summed E-state index contributed by atoms with van der Waals surface area (Å²) in [5.41, 5.74) is 1.21. The molecule has 2 N–H and O–H groups in total. The van der Waals surface area contributed by atoms with Crippen LogP contribution in [0.2, 0.25) is 0 Å². The van der Waals surface area contributed by atoms with E-state index in [1.807, 2.05) is 0 Å². The molecule has 2 amide bonds. The minimum Gasteiger partial charge on any atom is -0.459 e. The molecule has 5 nitrogen and oxygen atoms in total. The van der Waals surface area contributed by atoms with E-state index in [1.54, 1.807) is 36.4 Å². The van der Waals surface area contributed by atoms with Crippen LogP contribution in [-0.2, 0) is 4.79 Å². The van der Waals surface area contributed by atoms with Crippen LogP contribution in [0.1, 0.15) is 10.6 Å². The number of hydrogen-bond acceptors (Lipinski definition) is 3. The molecule has 0 aliphatic carbocycles. The van der Waals surface area contributed by atoms with Gasteiger partial charge in [-0.3, -0.25) is 9.59 Å². The highest BCUT2D eigenvalue weighted by Crippen LogP contribution is 2.14. The van der Waals surface area contributed by atoms with E-state index in [2.05, 4.69) is 10.6 Å². The third kappa shape index (κ3) is 3.59. The van der Waals surface area contributed by atoms with Gasteiger partial charge in [0, 0.05) is 11.4 Å². The largest absolute Gasteiger partial charge is 0.459 e. The lowest BCUT2D eigenvalue weighted by Gasteiger charge is -2.06. The maximum Gasteiger partial charge on any atom is 0.291 e. The number of rotatable bonds is 4. The van der Waals surface area contributed by atoms with Gasteiger partial charge in [-0.2, -0.15) is 0 Å². The Balaban J connectivity index is 1.99. The Kier molecular flexibility index (Phi) is 4.20. The van der Waals surface area contributed by atoms with E-state index in [9.17, 15) is 9.59 Å². The normalized spacial score (nSPS) is 9.95. The van der Waals surface area contributed by atoms with E-state index in [4.69, 9.17) is 16.0 Å². The molecule has 0 aliphatic heterocycles. The molecule has 0 radical (unpaired) electrons. The SMILES string of the molecule is O=C(CCl)Nc1ccc(NC(=O)c2ccco2)cc1. The van der Waals surface area contributed by atoms with Crippen LogP contribution in [0.15, 0.2) is 47.1 Å². The molecule has 0 unspecified atom stereocenters. The summed E-state index contributed by atoms with van der Waals surface area (Å²) in [6.45, 7) is 0. The Hall–Kier alpha value is -2.27. The quantitative estimate of drug-likeness (QED) is 0.845. The van der Waals surface area contributed by atoms with E-state index in [0.717, 1.165) is 0 Å². The summed E-state index contributed by atoms with van der Waals surface area (Å²) < 4.78 is 4.97. The van der Waals surface area contributed by atoms with Crippen molar-refractivity contribution >= 4 is 34.8 Å². The molecule has 98 valence electrons. The van der Waals surface area contributed by atoms with Crippen molar-refractivity contribution in [3.8, 4) is 0 Å². The molecule has 19 heavy (non-hydrogen) atoms. The fraction of sp³-hybridized carbons (Fsp3) is 0.0769. The molecule has 6 heteroatoms. The molecular formula is C13H11ClN2O3. The average Bonchev–Trinajstić information content (AvgIpc) is 2.95. The van der Waals surface area contributed by atoms with E-state index in [-0.39, 0.29) is 23.5 Å². The molecule has 0 spiro atoms. The lowest BCUT2D eigenvalue weighted by atomic mass is 10.2. The zero-order valence-electron chi connectivity index (χ0n) is 9.85. The molecule has 0 bridgehead atoms. The number of halogens is 1. The smallest absolute Gasteiger partial charge is 0.291 e. The Bertz CT molecular complexity index is 564. The van der Waals surface area contributed by atoms with E-state index in [0.29, 0.717) is 11.4 Å². The summed E-state index contributed by atoms with van der Waals surface area (Å²) in [5, 5.41) is 5.26. The minimum absolute atomic E-state index is 0.100. The van der Waals surface area contributed by atoms with Crippen molar-refractivity contribution in [2.75, 3.05) is 16.5 Å². The highest BCUT2D eigenvalue weighted by molar-refractivity contribution is 6.29. The van der Waals surface area contributed by atoms with Crippen LogP contribution in [0.4, 0.5) is 11.4 Å². The molecule has 0 saturated carbocycles. The molecular weight excluding hydrogens is 268 g/mol. The predicted molar refractivity (Wildman–Crippen MR) is 72.5 cm³/mol. The number of benzene rings is 1. The monoisotopic (exact) mass is 278 g/mol. The van der Waals surface area contributed by atoms with Crippen LogP contribution in [-0.4, -0.2) is 17.7 Å². The molecule has 1 aromatic carbocycles. The predicted octanol–water partition coefficient (Wildman–Crippen LogP) is 2.71. The van der Waals surface area contributed by atoms with Crippen LogP contribution < -0.4 is 10.6 Å². The lowest BCUT2D eigenvalue weighted by Crippen LogP contribution is -2.13. The molecule has 0 atom stereocenters. The van der Waals surface area contributed by atoms with Crippen molar-refractivity contribution in [1.82, 2.24) is 0 Å². The number of carbonyl (C=O) groups is 2. The van der Waals surface area contributed by atoms with Crippen molar-refractivity contribution < 1.29 is 14.0 Å². The molecule has 0 saturated heterocycles. The van der Waals surface area contributed by atoms with Crippen molar-refractivity contribution in [3.63, 3.8) is 0 Å². The number of anilines is 2. The Morgan fingerprint density at radius 3 is 2.21 bits per heavy atom. The fourth-order valence-corrected chi connectivity index (χ4v) is 1.50. The van der Waals surface area contributed by atoms with E-state index >= 15 is 0 Å². The summed E-state index contributed by atoms with van der Waals surface area (Å²) in [6, 6.07) is 9.89. The first-order valence-electron chi connectivity index (χ1n) is 5.50. The lowest BCUT2D eigenvalue weighted by molar-refractivity contribution is -0.113. The number of hydrogen-bond donors (Lipinski definition) is 2. The van der Waals surface area contributed by atoms with Gasteiger partial charge in [-0.25, -0.2) is 0 Å². The van der Waals surface area contributed by atoms with Crippen LogP contribution in [0.25, 0.3) is 0 Å². The topological polar surface area (TPSA) is 71.3 Å². The van der Waals surface area contributed by atoms with E-state index in [1.165, 1.54) is 6.26 Å². The number of amides is 2. The third-order valence-corrected chi connectivity index (χ3v) is 2.54. The van der Waals surface area contributed by atoms with Crippen LogP contribution in [0.5, 0.6) is 0 Å². The summed E-state index contributed by atoms with van der Waals surface area (Å²) in [4.78, 5) is 22.8. The van der Waals surface area contributed by atoms with Crippen molar-refractivity contribution in [3.05, 3.63) is 48.4 Å². The molecule has 1 aromatic heterocycles. The molecule has 1 heterocycles. The molecule has 2 aromatic rings. The van der Waals surface area contributed by atoms with E-state index < -0.39 is 0 Å². The number of carbonyl (C=O) groups excluding carboxylic acids is 2. The first kappa shape index (κ1) is 13.2. The van der Waals surface area contributed by atoms with Crippen molar-refractivity contribution in [2.45, 2.75) is 0 Å². The second-order valence-electron chi connectivity index (χ2n) is 3.69. The minimum atomic E-state index is -0.331. The van der Waals surface area contributed by atoms with Gasteiger partial charge in [0.05, 0.1) is 6.26 Å². The summed E-state index contributed by atoms with van der Waals surface area (Å²) in [6.07, 6.45) is 1.43. The average molecular weight is 279 g/mol. The van der Waals surface area contributed by atoms with Gasteiger partial charge in [-0.1, -0.05) is 0 Å². The Morgan fingerprint density at radius 1 is 1.05 bits per heavy atom. The Morgan fingerprint density at radius 2 is 1.68 bits per heavy atom. The maximum absolute atomic E-state index is 11.7. The third-order valence-electron chi connectivity index (χ3n) is 2.29. The van der Waals surface area contributed by atoms with Gasteiger partial charge in [0.2, 0.25) is 5.91 Å². The summed E-state index contributed by atoms with van der Waals surface area (Å²) in [5.74, 6) is -0.479. The number of furan rings is 1. The zero-order valence-corrected chi connectivity index (χ0v) is 10.6. The van der Waals surface area contributed by atoms with Crippen LogP contribution in [0, 0.1) is 0 Å². The number of alkyl halides is 1. The van der Waals surface area contributed by atoms with Gasteiger partial charge in [-0.15, -0.1) is 11.6 Å².